The Morgan fingerprint density at radius 1 is 1.36 bits per heavy atom. The van der Waals surface area contributed by atoms with Crippen molar-refractivity contribution in [2.75, 3.05) is 5.75 Å². The third kappa shape index (κ3) is 4.55. The minimum atomic E-state index is -4.75. The summed E-state index contributed by atoms with van der Waals surface area (Å²) in [6, 6.07) is 5.26. The van der Waals surface area contributed by atoms with Crippen LogP contribution >= 0.6 is 0 Å². The molecule has 0 bridgehead atoms. The van der Waals surface area contributed by atoms with Gasteiger partial charge in [0.15, 0.2) is 11.1 Å². The van der Waals surface area contributed by atoms with Crippen molar-refractivity contribution in [2.24, 2.45) is 7.05 Å². The molecule has 25 heavy (non-hydrogen) atoms. The minimum Gasteiger partial charge on any atom is -0.616 e. The summed E-state index contributed by atoms with van der Waals surface area (Å²) >= 11 is -1.28. The van der Waals surface area contributed by atoms with Crippen LogP contribution in [-0.2, 0) is 18.2 Å². The van der Waals surface area contributed by atoms with E-state index in [0.717, 1.165) is 0 Å². The van der Waals surface area contributed by atoms with Gasteiger partial charge >= 0.3 is 6.36 Å². The first kappa shape index (κ1) is 19.3. The van der Waals surface area contributed by atoms with Crippen molar-refractivity contribution in [3.63, 3.8) is 0 Å². The molecule has 0 aliphatic heterocycles. The number of Topliss-reactive ketones (excluding diaryl/α,β-unsaturated/α-hetero) is 1. The molecule has 0 saturated heterocycles. The fraction of sp³-hybridized carbons (Fsp3) is 0.375. The molecule has 2 atom stereocenters. The highest BCUT2D eigenvalue weighted by Gasteiger charge is 2.31. The summed E-state index contributed by atoms with van der Waals surface area (Å²) < 4.78 is 53.8. The average molecular weight is 374 g/mol. The van der Waals surface area contributed by atoms with Crippen LogP contribution < -0.4 is 4.74 Å². The SMILES string of the molecule is CC[S+]([O-])C(C)C(=O)c1ncc(-c2ccc(OC(F)(F)F)cc2)n1C. The number of benzene rings is 1. The summed E-state index contributed by atoms with van der Waals surface area (Å²) in [5, 5.41) is -0.679. The summed E-state index contributed by atoms with van der Waals surface area (Å²) in [5.41, 5.74) is 1.13. The number of imidazole rings is 1. The lowest BCUT2D eigenvalue weighted by Crippen LogP contribution is -2.30. The highest BCUT2D eigenvalue weighted by Crippen LogP contribution is 2.27. The van der Waals surface area contributed by atoms with Gasteiger partial charge in [-0.1, -0.05) is 0 Å². The molecule has 1 aromatic heterocycles. The van der Waals surface area contributed by atoms with E-state index < -0.39 is 22.8 Å². The summed E-state index contributed by atoms with van der Waals surface area (Å²) in [6.45, 7) is 3.31. The van der Waals surface area contributed by atoms with Crippen molar-refractivity contribution in [1.29, 1.82) is 0 Å². The van der Waals surface area contributed by atoms with Crippen LogP contribution in [0.25, 0.3) is 11.3 Å². The van der Waals surface area contributed by atoms with E-state index in [2.05, 4.69) is 9.72 Å². The highest BCUT2D eigenvalue weighted by atomic mass is 32.2. The Kier molecular flexibility index (Phi) is 5.79. The van der Waals surface area contributed by atoms with Gasteiger partial charge in [0.05, 0.1) is 11.9 Å². The van der Waals surface area contributed by atoms with E-state index in [9.17, 15) is 22.5 Å². The quantitative estimate of drug-likeness (QED) is 0.575. The van der Waals surface area contributed by atoms with Crippen LogP contribution in [0.15, 0.2) is 30.5 Å². The number of hydrogen-bond acceptors (Lipinski definition) is 4. The molecule has 2 rings (SSSR count). The highest BCUT2D eigenvalue weighted by molar-refractivity contribution is 7.92. The number of carbonyl (C=O) groups excluding carboxylic acids is 1. The molecule has 1 aromatic carbocycles. The molecule has 0 amide bonds. The minimum absolute atomic E-state index is 0.153. The van der Waals surface area contributed by atoms with Gasteiger partial charge in [-0.25, -0.2) is 4.98 Å². The van der Waals surface area contributed by atoms with Crippen LogP contribution in [0.4, 0.5) is 13.2 Å². The summed E-state index contributed by atoms with van der Waals surface area (Å²) in [4.78, 5) is 16.5. The Morgan fingerprint density at radius 2 is 1.96 bits per heavy atom. The lowest BCUT2D eigenvalue weighted by atomic mass is 10.1. The second-order valence-electron chi connectivity index (χ2n) is 5.27. The van der Waals surface area contributed by atoms with Crippen LogP contribution in [0.3, 0.4) is 0 Å². The number of ether oxygens (including phenoxy) is 1. The van der Waals surface area contributed by atoms with Crippen molar-refractivity contribution >= 4 is 17.0 Å². The monoisotopic (exact) mass is 374 g/mol. The molecule has 136 valence electrons. The molecular formula is C16H17F3N2O3S. The Hall–Kier alpha value is -2.00. The molecule has 1 heterocycles. The lowest BCUT2D eigenvalue weighted by molar-refractivity contribution is -0.274. The van der Waals surface area contributed by atoms with Gasteiger partial charge in [0, 0.05) is 12.6 Å². The number of rotatable bonds is 6. The van der Waals surface area contributed by atoms with Gasteiger partial charge in [-0.3, -0.25) is 4.79 Å². The standard InChI is InChI=1S/C16H17F3N2O3S/c1-4-25(23)10(2)14(22)15-20-9-13(21(15)3)11-5-7-12(8-6-11)24-16(17,18)19/h5-10H,4H2,1-3H3. The molecular weight excluding hydrogens is 357 g/mol. The van der Waals surface area contributed by atoms with Gasteiger partial charge < -0.3 is 13.9 Å². The molecule has 0 spiro atoms. The van der Waals surface area contributed by atoms with E-state index in [4.69, 9.17) is 0 Å². The smallest absolute Gasteiger partial charge is 0.573 e. The maximum Gasteiger partial charge on any atom is 0.573 e. The molecule has 0 saturated carbocycles. The van der Waals surface area contributed by atoms with Crippen LogP contribution in [-0.4, -0.2) is 37.3 Å². The predicted octanol–water partition coefficient (Wildman–Crippen LogP) is 3.33. The summed E-state index contributed by atoms with van der Waals surface area (Å²) in [6.07, 6.45) is -3.30. The van der Waals surface area contributed by atoms with Gasteiger partial charge in [0.25, 0.3) is 0 Å². The Balaban J connectivity index is 2.25. The van der Waals surface area contributed by atoms with Crippen molar-refractivity contribution in [3.8, 4) is 17.0 Å². The fourth-order valence-corrected chi connectivity index (χ4v) is 3.13. The zero-order valence-electron chi connectivity index (χ0n) is 13.8. The largest absolute Gasteiger partial charge is 0.616 e. The Morgan fingerprint density at radius 3 is 2.48 bits per heavy atom. The number of carbonyl (C=O) groups is 1. The maximum atomic E-state index is 12.4. The first-order valence-corrected chi connectivity index (χ1v) is 8.81. The van der Waals surface area contributed by atoms with Gasteiger partial charge in [0.1, 0.15) is 11.5 Å². The fourth-order valence-electron chi connectivity index (χ4n) is 2.29. The summed E-state index contributed by atoms with van der Waals surface area (Å²) in [5.74, 6) is -0.155. The summed E-state index contributed by atoms with van der Waals surface area (Å²) in [7, 11) is 1.62. The predicted molar refractivity (Wildman–Crippen MR) is 87.8 cm³/mol. The molecule has 0 radical (unpaired) electrons. The zero-order valence-corrected chi connectivity index (χ0v) is 14.6. The van der Waals surface area contributed by atoms with E-state index in [1.807, 2.05) is 0 Å². The first-order chi connectivity index (χ1) is 11.6. The molecule has 9 heteroatoms. The number of hydrogen-bond donors (Lipinski definition) is 0. The van der Waals surface area contributed by atoms with Gasteiger partial charge in [-0.2, -0.15) is 0 Å². The molecule has 0 aliphatic carbocycles. The molecule has 0 N–H and O–H groups in total. The van der Waals surface area contributed by atoms with Crippen LogP contribution in [0, 0.1) is 0 Å². The van der Waals surface area contributed by atoms with Crippen molar-refractivity contribution < 1.29 is 27.3 Å². The van der Waals surface area contributed by atoms with Crippen LogP contribution in [0.5, 0.6) is 5.75 Å². The number of alkyl halides is 3. The molecule has 0 fully saturated rings. The molecule has 0 aliphatic rings. The van der Waals surface area contributed by atoms with Crippen LogP contribution in [0.1, 0.15) is 24.5 Å². The van der Waals surface area contributed by atoms with E-state index in [0.29, 0.717) is 17.0 Å². The second-order valence-corrected chi connectivity index (χ2v) is 7.32. The van der Waals surface area contributed by atoms with Crippen molar-refractivity contribution in [2.45, 2.75) is 25.5 Å². The van der Waals surface area contributed by atoms with Crippen LogP contribution in [0.2, 0.25) is 0 Å². The van der Waals surface area contributed by atoms with Gasteiger partial charge in [-0.15, -0.1) is 13.2 Å². The van der Waals surface area contributed by atoms with Crippen molar-refractivity contribution in [3.05, 3.63) is 36.3 Å². The maximum absolute atomic E-state index is 12.4. The number of halogens is 3. The number of nitrogens with zero attached hydrogens (tertiary/aromatic N) is 2. The van der Waals surface area contributed by atoms with E-state index in [1.54, 1.807) is 20.9 Å². The number of aromatic nitrogens is 2. The zero-order chi connectivity index (χ0) is 18.8. The van der Waals surface area contributed by atoms with Gasteiger partial charge in [0.2, 0.25) is 5.78 Å². The van der Waals surface area contributed by atoms with Crippen molar-refractivity contribution in [1.82, 2.24) is 9.55 Å². The third-order valence-electron chi connectivity index (χ3n) is 3.64. The third-order valence-corrected chi connectivity index (χ3v) is 5.21. The normalized spacial score (nSPS) is 14.2. The topological polar surface area (TPSA) is 67.2 Å². The molecule has 2 aromatic rings. The second kappa shape index (κ2) is 7.49. The lowest BCUT2D eigenvalue weighted by Gasteiger charge is -2.15. The molecule has 5 nitrogen and oxygen atoms in total. The Bertz CT molecular complexity index is 744. The van der Waals surface area contributed by atoms with E-state index in [-0.39, 0.29) is 17.4 Å². The van der Waals surface area contributed by atoms with E-state index in [1.165, 1.54) is 35.0 Å². The Labute approximate surface area is 146 Å². The van der Waals surface area contributed by atoms with E-state index >= 15 is 0 Å². The van der Waals surface area contributed by atoms with Gasteiger partial charge in [-0.05, 0) is 49.3 Å². The number of ketones is 1. The first-order valence-electron chi connectivity index (χ1n) is 7.43. The molecule has 2 unspecified atom stereocenters. The average Bonchev–Trinajstić information content (AvgIpc) is 2.93.